The number of carbonyl (C=O) groups excluding carboxylic acids is 1. The zero-order valence-electron chi connectivity index (χ0n) is 8.49. The topological polar surface area (TPSA) is 55.1 Å². The molecule has 1 aliphatic rings. The van der Waals surface area contributed by atoms with Crippen molar-refractivity contribution in [3.8, 4) is 0 Å². The molecule has 2 unspecified atom stereocenters. The van der Waals surface area contributed by atoms with Crippen LogP contribution in [0.4, 0.5) is 0 Å². The molecule has 0 aliphatic carbocycles. The van der Waals surface area contributed by atoms with Crippen molar-refractivity contribution >= 4 is 29.4 Å². The highest BCUT2D eigenvalue weighted by Gasteiger charge is 2.16. The summed E-state index contributed by atoms with van der Waals surface area (Å²) in [6.45, 7) is 2.69. The number of nitrogens with two attached hydrogens (primary N) is 1. The van der Waals surface area contributed by atoms with E-state index in [1.165, 1.54) is 11.5 Å². The van der Waals surface area contributed by atoms with E-state index in [0.717, 1.165) is 12.3 Å². The highest BCUT2D eigenvalue weighted by atomic mass is 32.2. The van der Waals surface area contributed by atoms with E-state index in [4.69, 9.17) is 5.73 Å². The summed E-state index contributed by atoms with van der Waals surface area (Å²) in [5.74, 6) is 3.57. The van der Waals surface area contributed by atoms with Crippen molar-refractivity contribution in [2.75, 3.05) is 23.8 Å². The first-order valence-corrected chi connectivity index (χ1v) is 7.17. The SMILES string of the molecule is CCC(N)C(=O)NCC1CSCCS1. The van der Waals surface area contributed by atoms with Gasteiger partial charge in [-0.3, -0.25) is 4.79 Å². The molecule has 1 rings (SSSR count). The normalized spacial score (nSPS) is 24.3. The fraction of sp³-hybridized carbons (Fsp3) is 0.889. The molecule has 2 atom stereocenters. The Balaban J connectivity index is 2.15. The number of nitrogens with one attached hydrogen (secondary N) is 1. The molecule has 1 fully saturated rings. The third-order valence-electron chi connectivity index (χ3n) is 2.17. The van der Waals surface area contributed by atoms with Crippen LogP contribution < -0.4 is 11.1 Å². The Morgan fingerprint density at radius 3 is 3.00 bits per heavy atom. The second-order valence-corrected chi connectivity index (χ2v) is 5.89. The minimum Gasteiger partial charge on any atom is -0.354 e. The van der Waals surface area contributed by atoms with Gasteiger partial charge in [0.15, 0.2) is 0 Å². The fourth-order valence-electron chi connectivity index (χ4n) is 1.19. The van der Waals surface area contributed by atoms with Gasteiger partial charge in [-0.15, -0.1) is 0 Å². The molecule has 1 aliphatic heterocycles. The van der Waals surface area contributed by atoms with Crippen LogP contribution in [-0.2, 0) is 4.79 Å². The summed E-state index contributed by atoms with van der Waals surface area (Å²) in [5.41, 5.74) is 5.61. The Bertz CT molecular complexity index is 184. The number of amides is 1. The Morgan fingerprint density at radius 2 is 2.43 bits per heavy atom. The molecule has 0 aromatic carbocycles. The average Bonchev–Trinajstić information content (AvgIpc) is 2.26. The smallest absolute Gasteiger partial charge is 0.236 e. The van der Waals surface area contributed by atoms with Crippen molar-refractivity contribution in [3.63, 3.8) is 0 Å². The van der Waals surface area contributed by atoms with Crippen molar-refractivity contribution < 1.29 is 4.79 Å². The highest BCUT2D eigenvalue weighted by Crippen LogP contribution is 2.23. The predicted octanol–water partition coefficient (Wildman–Crippen LogP) is 0.689. The van der Waals surface area contributed by atoms with Gasteiger partial charge < -0.3 is 11.1 Å². The first kappa shape index (κ1) is 12.2. The molecule has 0 bridgehead atoms. The maximum Gasteiger partial charge on any atom is 0.236 e. The molecule has 82 valence electrons. The van der Waals surface area contributed by atoms with E-state index in [2.05, 4.69) is 5.32 Å². The summed E-state index contributed by atoms with van der Waals surface area (Å²) < 4.78 is 0. The Hall–Kier alpha value is 0.130. The van der Waals surface area contributed by atoms with Gasteiger partial charge in [-0.1, -0.05) is 6.92 Å². The van der Waals surface area contributed by atoms with Crippen LogP contribution in [0.3, 0.4) is 0 Å². The second kappa shape index (κ2) is 6.58. The van der Waals surface area contributed by atoms with E-state index in [9.17, 15) is 4.79 Å². The van der Waals surface area contributed by atoms with Crippen LogP contribution in [0.25, 0.3) is 0 Å². The van der Waals surface area contributed by atoms with E-state index in [0.29, 0.717) is 11.7 Å². The summed E-state index contributed by atoms with van der Waals surface area (Å²) in [4.78, 5) is 11.4. The summed E-state index contributed by atoms with van der Waals surface area (Å²) >= 11 is 3.91. The molecule has 0 spiro atoms. The maximum atomic E-state index is 11.4. The molecular weight excluding hydrogens is 216 g/mol. The highest BCUT2D eigenvalue weighted by molar-refractivity contribution is 8.06. The molecule has 0 saturated carbocycles. The minimum atomic E-state index is -0.337. The fourth-order valence-corrected chi connectivity index (χ4v) is 3.80. The molecule has 0 aromatic rings. The summed E-state index contributed by atoms with van der Waals surface area (Å²) in [6.07, 6.45) is 0.707. The van der Waals surface area contributed by atoms with Crippen LogP contribution in [0.2, 0.25) is 0 Å². The summed E-state index contributed by atoms with van der Waals surface area (Å²) in [6, 6.07) is -0.337. The average molecular weight is 234 g/mol. The minimum absolute atomic E-state index is 0.0105. The molecule has 3 nitrogen and oxygen atoms in total. The first-order valence-electron chi connectivity index (χ1n) is 4.96. The van der Waals surface area contributed by atoms with Crippen LogP contribution in [-0.4, -0.2) is 41.0 Å². The third kappa shape index (κ3) is 4.11. The molecule has 1 heterocycles. The van der Waals surface area contributed by atoms with Crippen LogP contribution in [0, 0.1) is 0 Å². The van der Waals surface area contributed by atoms with E-state index in [1.54, 1.807) is 0 Å². The second-order valence-electron chi connectivity index (χ2n) is 3.33. The van der Waals surface area contributed by atoms with E-state index in [-0.39, 0.29) is 11.9 Å². The molecule has 3 N–H and O–H groups in total. The number of rotatable bonds is 4. The van der Waals surface area contributed by atoms with Crippen molar-refractivity contribution in [1.82, 2.24) is 5.32 Å². The van der Waals surface area contributed by atoms with E-state index < -0.39 is 0 Å². The Morgan fingerprint density at radius 1 is 1.64 bits per heavy atom. The van der Waals surface area contributed by atoms with Gasteiger partial charge in [0.25, 0.3) is 0 Å². The molecule has 1 saturated heterocycles. The lowest BCUT2D eigenvalue weighted by molar-refractivity contribution is -0.122. The Kier molecular flexibility index (Phi) is 5.74. The Labute approximate surface area is 94.0 Å². The monoisotopic (exact) mass is 234 g/mol. The van der Waals surface area contributed by atoms with Crippen molar-refractivity contribution in [3.05, 3.63) is 0 Å². The molecule has 5 heteroatoms. The zero-order chi connectivity index (χ0) is 10.4. The van der Waals surface area contributed by atoms with Crippen LogP contribution >= 0.6 is 23.5 Å². The maximum absolute atomic E-state index is 11.4. The number of hydrogen-bond donors (Lipinski definition) is 2. The van der Waals surface area contributed by atoms with Gasteiger partial charge in [-0.2, -0.15) is 23.5 Å². The summed E-state index contributed by atoms with van der Waals surface area (Å²) in [5, 5.41) is 3.48. The van der Waals surface area contributed by atoms with Crippen LogP contribution in [0.1, 0.15) is 13.3 Å². The quantitative estimate of drug-likeness (QED) is 0.751. The molecule has 0 radical (unpaired) electrons. The molecule has 1 amide bonds. The van der Waals surface area contributed by atoms with Gasteiger partial charge in [0.05, 0.1) is 6.04 Å². The molecule has 14 heavy (non-hydrogen) atoms. The number of thioether (sulfide) groups is 2. The third-order valence-corrected chi connectivity index (χ3v) is 5.01. The zero-order valence-corrected chi connectivity index (χ0v) is 10.1. The van der Waals surface area contributed by atoms with Crippen molar-refractivity contribution in [1.29, 1.82) is 0 Å². The number of carbonyl (C=O) groups is 1. The predicted molar refractivity (Wildman–Crippen MR) is 64.8 cm³/mol. The van der Waals surface area contributed by atoms with Gasteiger partial charge in [-0.05, 0) is 6.42 Å². The van der Waals surface area contributed by atoms with Gasteiger partial charge in [0.2, 0.25) is 5.91 Å². The lowest BCUT2D eigenvalue weighted by Crippen LogP contribution is -2.43. The number of hydrogen-bond acceptors (Lipinski definition) is 4. The van der Waals surface area contributed by atoms with Crippen molar-refractivity contribution in [2.24, 2.45) is 5.73 Å². The van der Waals surface area contributed by atoms with E-state index in [1.807, 2.05) is 30.4 Å². The molecular formula is C9H18N2OS2. The van der Waals surface area contributed by atoms with Crippen molar-refractivity contribution in [2.45, 2.75) is 24.6 Å². The van der Waals surface area contributed by atoms with E-state index >= 15 is 0 Å². The summed E-state index contributed by atoms with van der Waals surface area (Å²) in [7, 11) is 0. The largest absolute Gasteiger partial charge is 0.354 e. The standard InChI is InChI=1S/C9H18N2OS2/c1-2-8(10)9(12)11-5-7-6-13-3-4-14-7/h7-8H,2-6,10H2,1H3,(H,11,12). The first-order chi connectivity index (χ1) is 6.74. The van der Waals surface area contributed by atoms with Gasteiger partial charge in [0, 0.05) is 29.1 Å². The van der Waals surface area contributed by atoms with Gasteiger partial charge in [0.1, 0.15) is 0 Å². The van der Waals surface area contributed by atoms with Gasteiger partial charge >= 0.3 is 0 Å². The van der Waals surface area contributed by atoms with Gasteiger partial charge in [-0.25, -0.2) is 0 Å². The van der Waals surface area contributed by atoms with Crippen LogP contribution in [0.15, 0.2) is 0 Å². The molecule has 0 aromatic heterocycles. The van der Waals surface area contributed by atoms with Crippen LogP contribution in [0.5, 0.6) is 0 Å². The lowest BCUT2D eigenvalue weighted by Gasteiger charge is -2.21. The lowest BCUT2D eigenvalue weighted by atomic mass is 10.2.